The lowest BCUT2D eigenvalue weighted by Gasteiger charge is -2.17. The van der Waals surface area contributed by atoms with Gasteiger partial charge >= 0.3 is 53.7 Å². The van der Waals surface area contributed by atoms with Crippen molar-refractivity contribution >= 4 is 53.7 Å². The Kier molecular flexibility index (Phi) is 29.8. The van der Waals surface area contributed by atoms with Crippen LogP contribution in [0.2, 0.25) is 0 Å². The van der Waals surface area contributed by atoms with Gasteiger partial charge in [0.25, 0.3) is 0 Å². The van der Waals surface area contributed by atoms with Crippen LogP contribution in [0.25, 0.3) is 66.8 Å². The van der Waals surface area contributed by atoms with Crippen LogP contribution in [0.5, 0.6) is 34.5 Å². The van der Waals surface area contributed by atoms with E-state index in [1.165, 1.54) is 72.5 Å². The van der Waals surface area contributed by atoms with Gasteiger partial charge in [0.2, 0.25) is 0 Å². The number of esters is 9. The van der Waals surface area contributed by atoms with Crippen molar-refractivity contribution in [3.05, 3.63) is 323 Å². The van der Waals surface area contributed by atoms with Gasteiger partial charge in [0, 0.05) is 92.7 Å². The second kappa shape index (κ2) is 40.2. The molecule has 3 atom stereocenters. The van der Waals surface area contributed by atoms with Gasteiger partial charge in [0.05, 0.1) is 19.8 Å². The van der Waals surface area contributed by atoms with Crippen molar-refractivity contribution in [1.82, 2.24) is 0 Å². The number of carbonyl (C=O) groups is 9. The SMILES string of the molecule is C=C(C)C(=O)OCC1CCc2ccc(-c3ccc(-c4cc(OC(=O)C(=C)C)cc(OC(=O)C(=C)C)c4)cc3F)cc21.C=CC(=O)OCC1CCc2ccc(-c3cc(C)c(-c4cc(OC(=O)C(=C)C)cc(OC(=O)C(=C)C)c4)cc3C)cc21.C=CC(=O)OCC1CCc2ccc(-c3cc(C)c(-c4cc(OC(=O)C(=C)C)cc(OC(=O)C(=C)C)c4)cc3C)cc21. The number of hydrogen-bond acceptors (Lipinski definition) is 18. The Hall–Kier alpha value is -14.2. The summed E-state index contributed by atoms with van der Waals surface area (Å²) in [6.07, 6.45) is 7.85. The quantitative estimate of drug-likeness (QED) is 0.0201. The molecule has 123 heavy (non-hydrogen) atoms. The van der Waals surface area contributed by atoms with E-state index in [2.05, 4.69) is 120 Å². The molecule has 3 unspecified atom stereocenters. The van der Waals surface area contributed by atoms with Gasteiger partial charge < -0.3 is 42.6 Å². The zero-order chi connectivity index (χ0) is 89.5. The molecule has 0 N–H and O–H groups in total. The summed E-state index contributed by atoms with van der Waals surface area (Å²) in [6.45, 7) is 52.2. The molecular weight excluding hydrogens is 1560 g/mol. The molecule has 0 spiro atoms. The van der Waals surface area contributed by atoms with E-state index < -0.39 is 59.5 Å². The molecule has 0 fully saturated rings. The molecule has 0 saturated carbocycles. The number of benzene rings is 9. The third-order valence-electron chi connectivity index (χ3n) is 21.0. The van der Waals surface area contributed by atoms with Crippen molar-refractivity contribution in [2.75, 3.05) is 19.8 Å². The van der Waals surface area contributed by atoms with Gasteiger partial charge in [0.1, 0.15) is 40.3 Å². The molecule has 3 aliphatic carbocycles. The molecule has 0 aromatic heterocycles. The first-order chi connectivity index (χ1) is 58.3. The van der Waals surface area contributed by atoms with Gasteiger partial charge in [-0.25, -0.2) is 47.5 Å². The molecule has 0 bridgehead atoms. The molecule has 18 nitrogen and oxygen atoms in total. The number of carbonyl (C=O) groups excluding carboxylic acids is 9. The first-order valence-corrected chi connectivity index (χ1v) is 39.9. The fraction of sp³-hybridized carbons (Fsp3) is 0.221. The summed E-state index contributed by atoms with van der Waals surface area (Å²) in [5.74, 6) is -3.78. The molecule has 3 aliphatic rings. The molecular formula is C104H99FO18. The first-order valence-electron chi connectivity index (χ1n) is 39.9. The lowest BCUT2D eigenvalue weighted by Crippen LogP contribution is -2.11. The Labute approximate surface area is 717 Å². The van der Waals surface area contributed by atoms with E-state index in [0.29, 0.717) is 41.0 Å². The highest BCUT2D eigenvalue weighted by atomic mass is 19.1. The summed E-state index contributed by atoms with van der Waals surface area (Å²) >= 11 is 0. The van der Waals surface area contributed by atoms with Crippen LogP contribution in [0.3, 0.4) is 0 Å². The van der Waals surface area contributed by atoms with Gasteiger partial charge in [-0.05, 0) is 274 Å². The van der Waals surface area contributed by atoms with E-state index in [1.807, 2.05) is 45.9 Å². The Morgan fingerprint density at radius 3 is 0.821 bits per heavy atom. The van der Waals surface area contributed by atoms with Crippen LogP contribution in [0.1, 0.15) is 141 Å². The summed E-state index contributed by atoms with van der Waals surface area (Å²) in [4.78, 5) is 108. The smallest absolute Gasteiger partial charge is 0.338 e. The number of halogens is 1. The van der Waals surface area contributed by atoms with Crippen LogP contribution in [0.15, 0.2) is 262 Å². The van der Waals surface area contributed by atoms with Crippen molar-refractivity contribution in [3.8, 4) is 101 Å². The molecule has 19 heteroatoms. The maximum atomic E-state index is 15.6. The summed E-state index contributed by atoms with van der Waals surface area (Å²) < 4.78 is 64.3. The number of aryl methyl sites for hydroxylation is 7. The molecule has 0 heterocycles. The van der Waals surface area contributed by atoms with E-state index in [-0.39, 0.29) is 92.3 Å². The van der Waals surface area contributed by atoms with Crippen molar-refractivity contribution in [2.24, 2.45) is 0 Å². The molecule has 0 saturated heterocycles. The lowest BCUT2D eigenvalue weighted by molar-refractivity contribution is -0.140. The van der Waals surface area contributed by atoms with Gasteiger partial charge in [-0.3, -0.25) is 0 Å². The largest absolute Gasteiger partial charge is 0.462 e. The number of fused-ring (bicyclic) bond motifs is 3. The van der Waals surface area contributed by atoms with Crippen molar-refractivity contribution in [3.63, 3.8) is 0 Å². The highest BCUT2D eigenvalue weighted by Crippen LogP contribution is 2.45. The van der Waals surface area contributed by atoms with E-state index in [4.69, 9.17) is 42.6 Å². The standard InChI is InChI=1S/2C35H34O6.C34H31FO6/c2*1-8-33(36)39-19-26-12-10-24-9-11-25(17-32(24)26)30-13-23(7)31(14-22(30)6)27-15-28(40-34(37)20(2)3)18-29(16-27)41-35(38)21(4)5;1-19(2)32(36)39-18-25-10-8-22-7-9-24(15-30(22)25)29-12-11-23(16-31(29)35)26-13-27(40-33(37)20(3)4)17-28(14-26)41-34(38)21(5)6/h2*8-9,11,13-18,26H,1-2,4,10,12,19H2,3,5-7H3;7,9,11-17,25H,1,3,5,8,10,18H2,2,4,6H3. The minimum Gasteiger partial charge on any atom is -0.462 e. The van der Waals surface area contributed by atoms with E-state index in [1.54, 1.807) is 83.1 Å². The third kappa shape index (κ3) is 23.3. The van der Waals surface area contributed by atoms with Gasteiger partial charge in [0.15, 0.2) is 0 Å². The zero-order valence-electron chi connectivity index (χ0n) is 71.3. The van der Waals surface area contributed by atoms with Crippen LogP contribution in [0.4, 0.5) is 4.39 Å². The lowest BCUT2D eigenvalue weighted by atomic mass is 9.90. The predicted molar refractivity (Wildman–Crippen MR) is 475 cm³/mol. The number of ether oxygens (including phenoxy) is 9. The molecule has 0 radical (unpaired) electrons. The summed E-state index contributed by atoms with van der Waals surface area (Å²) in [5, 5.41) is 0. The third-order valence-corrected chi connectivity index (χ3v) is 21.0. The second-order valence-electron chi connectivity index (χ2n) is 31.3. The Bertz CT molecular complexity index is 5540. The highest BCUT2D eigenvalue weighted by Gasteiger charge is 2.30. The summed E-state index contributed by atoms with van der Waals surface area (Å²) in [6, 6.07) is 46.4. The fourth-order valence-corrected chi connectivity index (χ4v) is 14.4. The molecule has 12 rings (SSSR count). The van der Waals surface area contributed by atoms with Crippen LogP contribution in [-0.2, 0) is 76.6 Å². The van der Waals surface area contributed by atoms with Crippen molar-refractivity contribution in [2.45, 2.75) is 132 Å². The molecule has 0 amide bonds. The number of hydrogen-bond donors (Lipinski definition) is 0. The van der Waals surface area contributed by atoms with E-state index >= 15 is 4.39 Å². The van der Waals surface area contributed by atoms with Crippen LogP contribution >= 0.6 is 0 Å². The predicted octanol–water partition coefficient (Wildman–Crippen LogP) is 22.0. The van der Waals surface area contributed by atoms with Crippen LogP contribution < -0.4 is 28.4 Å². The minimum absolute atomic E-state index is 0.0283. The Morgan fingerprint density at radius 1 is 0.301 bits per heavy atom. The molecule has 630 valence electrons. The normalized spacial score (nSPS) is 13.6. The zero-order valence-corrected chi connectivity index (χ0v) is 71.3. The van der Waals surface area contributed by atoms with Crippen LogP contribution in [-0.4, -0.2) is 73.5 Å². The van der Waals surface area contributed by atoms with Gasteiger partial charge in [-0.2, -0.15) is 0 Å². The molecule has 9 aromatic rings. The molecule has 9 aromatic carbocycles. The minimum atomic E-state index is -0.648. The maximum absolute atomic E-state index is 15.6. The monoisotopic (exact) mass is 1650 g/mol. The van der Waals surface area contributed by atoms with Crippen molar-refractivity contribution < 1.29 is 90.2 Å². The number of rotatable bonds is 27. The van der Waals surface area contributed by atoms with Crippen LogP contribution in [0, 0.1) is 33.5 Å². The summed E-state index contributed by atoms with van der Waals surface area (Å²) in [7, 11) is 0. The van der Waals surface area contributed by atoms with E-state index in [0.717, 1.165) is 116 Å². The maximum Gasteiger partial charge on any atom is 0.338 e. The van der Waals surface area contributed by atoms with Crippen molar-refractivity contribution in [1.29, 1.82) is 0 Å². The van der Waals surface area contributed by atoms with Gasteiger partial charge in [-0.1, -0.05) is 150 Å². The topological polar surface area (TPSA) is 237 Å². The molecule has 0 aliphatic heterocycles. The van der Waals surface area contributed by atoms with E-state index in [9.17, 15) is 43.2 Å². The fourth-order valence-electron chi connectivity index (χ4n) is 14.4. The second-order valence-corrected chi connectivity index (χ2v) is 31.3. The highest BCUT2D eigenvalue weighted by molar-refractivity contribution is 5.94. The Balaban J connectivity index is 0.000000193. The average molecular weight is 1660 g/mol. The Morgan fingerprint density at radius 2 is 0.553 bits per heavy atom. The van der Waals surface area contributed by atoms with Gasteiger partial charge in [-0.15, -0.1) is 0 Å². The first kappa shape index (κ1) is 91.1. The average Bonchev–Trinajstić information content (AvgIpc) is 1.75. The summed E-state index contributed by atoms with van der Waals surface area (Å²) in [5.41, 5.74) is 22.6.